The number of nitrogens with zero attached hydrogens (tertiary/aromatic N) is 2. The first-order chi connectivity index (χ1) is 21.2. The molecule has 7 nitrogen and oxygen atoms in total. The maximum atomic E-state index is 13.6. The number of imide groups is 1. The van der Waals surface area contributed by atoms with Crippen LogP contribution in [0.5, 0.6) is 0 Å². The van der Waals surface area contributed by atoms with Crippen LogP contribution in [0.15, 0.2) is 90.5 Å². The molecule has 2 amide bonds. The van der Waals surface area contributed by atoms with Gasteiger partial charge < -0.3 is 4.74 Å². The van der Waals surface area contributed by atoms with E-state index in [1.54, 1.807) is 79.7 Å². The highest BCUT2D eigenvalue weighted by Gasteiger charge is 2.60. The topological polar surface area (TPSA) is 93.6 Å². The molecule has 2 heterocycles. The van der Waals surface area contributed by atoms with E-state index in [0.717, 1.165) is 6.42 Å². The zero-order valence-electron chi connectivity index (χ0n) is 24.2. The standard InChI is InChI=1S/C36H29ClN2O5/c1-3-30(33(40)21-7-5-4-6-8-21)44-36(43)27-18-29(38-28-14-11-23(37)17-26(27)28)20-9-12-24(13-10-20)39-34(41)31-22-15-19(2)25(16-22)32(31)35(39)42/h4-15,17-18,22,25,30-32H,3,16H2,1-2H3. The number of ether oxygens (including phenoxy) is 1. The zero-order chi connectivity index (χ0) is 30.7. The number of esters is 1. The number of aromatic nitrogens is 1. The van der Waals surface area contributed by atoms with Crippen LogP contribution in [-0.2, 0) is 14.3 Å². The molecule has 1 saturated carbocycles. The van der Waals surface area contributed by atoms with Crippen LogP contribution in [0.25, 0.3) is 22.2 Å². The fourth-order valence-electron chi connectivity index (χ4n) is 7.13. The molecule has 0 N–H and O–H groups in total. The average molecular weight is 605 g/mol. The average Bonchev–Trinajstić information content (AvgIpc) is 3.68. The molecular weight excluding hydrogens is 576 g/mol. The zero-order valence-corrected chi connectivity index (χ0v) is 25.0. The number of pyridine rings is 1. The molecule has 4 aromatic rings. The van der Waals surface area contributed by atoms with Gasteiger partial charge in [0.2, 0.25) is 17.6 Å². The Bertz CT molecular complexity index is 1880. The molecule has 5 unspecified atom stereocenters. The third-order valence-corrected chi connectivity index (χ3v) is 9.50. The number of hydrogen-bond acceptors (Lipinski definition) is 6. The number of Topliss-reactive ketones (excluding diaryl/α,β-unsaturated/α-hetero) is 1. The summed E-state index contributed by atoms with van der Waals surface area (Å²) in [6.45, 7) is 3.84. The predicted octanol–water partition coefficient (Wildman–Crippen LogP) is 7.08. The van der Waals surface area contributed by atoms with Crippen molar-refractivity contribution < 1.29 is 23.9 Å². The second-order valence-corrected chi connectivity index (χ2v) is 12.2. The molecule has 1 saturated heterocycles. The molecule has 3 aliphatic rings. The minimum absolute atomic E-state index is 0.131. The van der Waals surface area contributed by atoms with Gasteiger partial charge in [0.15, 0.2) is 6.10 Å². The molecule has 1 aromatic heterocycles. The van der Waals surface area contributed by atoms with Gasteiger partial charge in [-0.25, -0.2) is 9.78 Å². The van der Waals surface area contributed by atoms with E-state index >= 15 is 0 Å². The SMILES string of the molecule is CCC(OC(=O)c1cc(-c2ccc(N3C(=O)C4C5C=C(C)C(C5)C4C3=O)cc2)nc2ccc(Cl)cc12)C(=O)c1ccccc1. The summed E-state index contributed by atoms with van der Waals surface area (Å²) in [6, 6.07) is 22.5. The quantitative estimate of drug-likeness (QED) is 0.0969. The third-order valence-electron chi connectivity index (χ3n) is 9.26. The largest absolute Gasteiger partial charge is 0.450 e. The summed E-state index contributed by atoms with van der Waals surface area (Å²) >= 11 is 6.29. The minimum atomic E-state index is -0.959. The Morgan fingerprint density at radius 3 is 2.43 bits per heavy atom. The van der Waals surface area contributed by atoms with Gasteiger partial charge in [0, 0.05) is 21.5 Å². The van der Waals surface area contributed by atoms with Gasteiger partial charge in [0.1, 0.15) is 0 Å². The molecule has 3 aromatic carbocycles. The maximum absolute atomic E-state index is 13.6. The van der Waals surface area contributed by atoms with Crippen molar-refractivity contribution in [2.24, 2.45) is 23.7 Å². The van der Waals surface area contributed by atoms with E-state index in [2.05, 4.69) is 6.08 Å². The van der Waals surface area contributed by atoms with E-state index in [0.29, 0.717) is 44.9 Å². The smallest absolute Gasteiger partial charge is 0.339 e. The second-order valence-electron chi connectivity index (χ2n) is 11.8. The van der Waals surface area contributed by atoms with Crippen LogP contribution in [0.4, 0.5) is 5.69 Å². The van der Waals surface area contributed by atoms with Crippen molar-refractivity contribution in [1.29, 1.82) is 0 Å². The van der Waals surface area contributed by atoms with Crippen molar-refractivity contribution in [3.8, 4) is 11.3 Å². The highest BCUT2D eigenvalue weighted by atomic mass is 35.5. The van der Waals surface area contributed by atoms with Crippen LogP contribution in [-0.4, -0.2) is 34.7 Å². The molecule has 7 rings (SSSR count). The first-order valence-electron chi connectivity index (χ1n) is 14.8. The first kappa shape index (κ1) is 28.2. The van der Waals surface area contributed by atoms with Crippen LogP contribution in [0, 0.1) is 23.7 Å². The Labute approximate surface area is 259 Å². The van der Waals surface area contributed by atoms with Crippen LogP contribution in [0.3, 0.4) is 0 Å². The Kier molecular flexibility index (Phi) is 6.93. The third kappa shape index (κ3) is 4.54. The number of amides is 2. The lowest BCUT2D eigenvalue weighted by molar-refractivity contribution is -0.123. The van der Waals surface area contributed by atoms with Gasteiger partial charge in [-0.05, 0) is 68.0 Å². The molecule has 2 bridgehead atoms. The molecule has 8 heteroatoms. The van der Waals surface area contributed by atoms with E-state index in [9.17, 15) is 19.2 Å². The molecule has 2 aliphatic carbocycles. The van der Waals surface area contributed by atoms with Gasteiger partial charge in [0.25, 0.3) is 0 Å². The molecule has 0 radical (unpaired) electrons. The predicted molar refractivity (Wildman–Crippen MR) is 167 cm³/mol. The highest BCUT2D eigenvalue weighted by molar-refractivity contribution is 6.31. The van der Waals surface area contributed by atoms with Crippen molar-refractivity contribution in [2.75, 3.05) is 4.90 Å². The number of halogens is 1. The number of rotatable bonds is 7. The summed E-state index contributed by atoms with van der Waals surface area (Å²) in [5, 5.41) is 0.935. The number of carbonyl (C=O) groups is 4. The Balaban J connectivity index is 1.19. The monoisotopic (exact) mass is 604 g/mol. The van der Waals surface area contributed by atoms with Gasteiger partial charge in [0.05, 0.1) is 34.3 Å². The van der Waals surface area contributed by atoms with Gasteiger partial charge >= 0.3 is 5.97 Å². The maximum Gasteiger partial charge on any atom is 0.339 e. The van der Waals surface area contributed by atoms with Crippen LogP contribution in [0.1, 0.15) is 47.4 Å². The second kappa shape index (κ2) is 10.8. The molecule has 44 heavy (non-hydrogen) atoms. The fraction of sp³-hybridized carbons (Fsp3) is 0.250. The van der Waals surface area contributed by atoms with Crippen LogP contribution < -0.4 is 4.90 Å². The first-order valence-corrected chi connectivity index (χ1v) is 15.2. The number of benzene rings is 3. The Morgan fingerprint density at radius 2 is 1.70 bits per heavy atom. The number of fused-ring (bicyclic) bond motifs is 6. The molecule has 5 atom stereocenters. The summed E-state index contributed by atoms with van der Waals surface area (Å²) in [4.78, 5) is 59.6. The number of carbonyl (C=O) groups excluding carboxylic acids is 4. The van der Waals surface area contributed by atoms with E-state index in [4.69, 9.17) is 21.3 Å². The van der Waals surface area contributed by atoms with Crippen molar-refractivity contribution in [2.45, 2.75) is 32.8 Å². The summed E-state index contributed by atoms with van der Waals surface area (Å²) in [5.41, 5.74) is 4.13. The van der Waals surface area contributed by atoms with Gasteiger partial charge in [-0.3, -0.25) is 19.3 Å². The van der Waals surface area contributed by atoms with Gasteiger partial charge in [-0.2, -0.15) is 0 Å². The van der Waals surface area contributed by atoms with Crippen LogP contribution in [0.2, 0.25) is 5.02 Å². The van der Waals surface area contributed by atoms with Gasteiger partial charge in [-0.1, -0.05) is 72.6 Å². The lowest BCUT2D eigenvalue weighted by Crippen LogP contribution is -2.32. The molecule has 0 spiro atoms. The highest BCUT2D eigenvalue weighted by Crippen LogP contribution is 2.56. The lowest BCUT2D eigenvalue weighted by atomic mass is 9.82. The normalized spacial score (nSPS) is 22.7. The molecular formula is C36H29ClN2O5. The number of allylic oxidation sites excluding steroid dienone is 2. The lowest BCUT2D eigenvalue weighted by Gasteiger charge is -2.19. The number of hydrogen-bond donors (Lipinski definition) is 0. The van der Waals surface area contributed by atoms with Crippen molar-refractivity contribution in [3.63, 3.8) is 0 Å². The summed E-state index contributed by atoms with van der Waals surface area (Å²) in [7, 11) is 0. The van der Waals surface area contributed by atoms with Crippen molar-refractivity contribution >= 4 is 51.8 Å². The number of anilines is 1. The molecule has 1 aliphatic heterocycles. The Morgan fingerprint density at radius 1 is 0.977 bits per heavy atom. The van der Waals surface area contributed by atoms with E-state index in [1.165, 1.54) is 10.5 Å². The Hall–Kier alpha value is -4.62. The van der Waals surface area contributed by atoms with E-state index in [1.807, 2.05) is 13.0 Å². The fourth-order valence-corrected chi connectivity index (χ4v) is 7.30. The van der Waals surface area contributed by atoms with E-state index in [-0.39, 0.29) is 46.8 Å². The van der Waals surface area contributed by atoms with Gasteiger partial charge in [-0.15, -0.1) is 0 Å². The van der Waals surface area contributed by atoms with Crippen molar-refractivity contribution in [3.05, 3.63) is 107 Å². The summed E-state index contributed by atoms with van der Waals surface area (Å²) in [6.07, 6.45) is 2.39. The summed E-state index contributed by atoms with van der Waals surface area (Å²) < 4.78 is 5.77. The molecule has 220 valence electrons. The molecule has 2 fully saturated rings. The van der Waals surface area contributed by atoms with E-state index < -0.39 is 12.1 Å². The summed E-state index contributed by atoms with van der Waals surface area (Å²) in [5.74, 6) is -1.47. The van der Waals surface area contributed by atoms with Crippen LogP contribution >= 0.6 is 11.6 Å². The minimum Gasteiger partial charge on any atom is -0.450 e. The number of ketones is 1. The van der Waals surface area contributed by atoms with Crippen molar-refractivity contribution in [1.82, 2.24) is 4.98 Å².